The second kappa shape index (κ2) is 6.53. The second-order valence-electron chi connectivity index (χ2n) is 6.34. The molecule has 0 radical (unpaired) electrons. The van der Waals surface area contributed by atoms with Crippen LogP contribution in [0.25, 0.3) is 5.82 Å². The van der Waals surface area contributed by atoms with Crippen molar-refractivity contribution < 1.29 is 18.0 Å². The summed E-state index contributed by atoms with van der Waals surface area (Å²) in [6, 6.07) is 8.78. The van der Waals surface area contributed by atoms with Crippen LogP contribution in [-0.2, 0) is 19.0 Å². The lowest BCUT2D eigenvalue weighted by atomic mass is 10.0. The first-order valence-electron chi connectivity index (χ1n) is 8.38. The van der Waals surface area contributed by atoms with Gasteiger partial charge in [-0.3, -0.25) is 4.79 Å². The Bertz CT molecular complexity index is 1010. The molecule has 1 aromatic carbocycles. The van der Waals surface area contributed by atoms with Crippen LogP contribution < -0.4 is 5.32 Å². The van der Waals surface area contributed by atoms with Gasteiger partial charge in [-0.1, -0.05) is 18.2 Å². The molecule has 0 saturated carbocycles. The molecule has 8 heteroatoms. The summed E-state index contributed by atoms with van der Waals surface area (Å²) in [5, 5.41) is 7.17. The number of halogens is 3. The summed E-state index contributed by atoms with van der Waals surface area (Å²) in [6.45, 7) is 0.547. The number of nitrogens with one attached hydrogen (secondary N) is 1. The van der Waals surface area contributed by atoms with E-state index in [0.717, 1.165) is 17.7 Å². The van der Waals surface area contributed by atoms with E-state index >= 15 is 0 Å². The van der Waals surface area contributed by atoms with Crippen LogP contribution in [-0.4, -0.2) is 27.2 Å². The van der Waals surface area contributed by atoms with Gasteiger partial charge in [0.2, 0.25) is 0 Å². The van der Waals surface area contributed by atoms with E-state index in [2.05, 4.69) is 15.4 Å². The monoisotopic (exact) mass is 372 g/mol. The van der Waals surface area contributed by atoms with Crippen LogP contribution in [0.3, 0.4) is 0 Å². The third-order valence-electron chi connectivity index (χ3n) is 4.39. The summed E-state index contributed by atoms with van der Waals surface area (Å²) < 4.78 is 40.2. The van der Waals surface area contributed by atoms with Gasteiger partial charge in [0.15, 0.2) is 5.82 Å². The lowest BCUT2D eigenvalue weighted by Gasteiger charge is -2.09. The highest BCUT2D eigenvalue weighted by Gasteiger charge is 2.30. The fourth-order valence-electron chi connectivity index (χ4n) is 3.08. The fourth-order valence-corrected chi connectivity index (χ4v) is 3.08. The van der Waals surface area contributed by atoms with E-state index < -0.39 is 11.7 Å². The van der Waals surface area contributed by atoms with E-state index in [1.54, 1.807) is 30.6 Å². The highest BCUT2D eigenvalue weighted by Crippen LogP contribution is 2.30. The highest BCUT2D eigenvalue weighted by molar-refractivity contribution is 5.96. The SMILES string of the molecule is O=C1NCCc2nn(-c3cc(Cc4cccc(C(F)(F)F)c4)ccn3)cc21. The number of pyridine rings is 1. The summed E-state index contributed by atoms with van der Waals surface area (Å²) in [5.74, 6) is 0.351. The summed E-state index contributed by atoms with van der Waals surface area (Å²) in [4.78, 5) is 16.1. The van der Waals surface area contributed by atoms with Crippen molar-refractivity contribution in [2.24, 2.45) is 0 Å². The van der Waals surface area contributed by atoms with E-state index in [-0.39, 0.29) is 5.91 Å². The molecule has 1 N–H and O–H groups in total. The second-order valence-corrected chi connectivity index (χ2v) is 6.34. The number of rotatable bonds is 3. The number of carbonyl (C=O) groups excluding carboxylic acids is 1. The number of benzene rings is 1. The molecule has 5 nitrogen and oxygen atoms in total. The zero-order valence-electron chi connectivity index (χ0n) is 14.1. The molecule has 0 bridgehead atoms. The smallest absolute Gasteiger partial charge is 0.352 e. The summed E-state index contributed by atoms with van der Waals surface area (Å²) in [7, 11) is 0. The van der Waals surface area contributed by atoms with Crippen LogP contribution in [0.2, 0.25) is 0 Å². The van der Waals surface area contributed by atoms with Crippen LogP contribution in [0, 0.1) is 0 Å². The minimum absolute atomic E-state index is 0.164. The number of nitrogens with zero attached hydrogens (tertiary/aromatic N) is 3. The largest absolute Gasteiger partial charge is 0.416 e. The molecule has 0 fully saturated rings. The maximum absolute atomic E-state index is 12.9. The van der Waals surface area contributed by atoms with Crippen molar-refractivity contribution in [3.05, 3.63) is 76.7 Å². The third kappa shape index (κ3) is 3.55. The maximum Gasteiger partial charge on any atom is 0.416 e. The molecule has 1 aliphatic rings. The van der Waals surface area contributed by atoms with E-state index in [0.29, 0.717) is 42.0 Å². The molecule has 2 aromatic heterocycles. The first-order chi connectivity index (χ1) is 12.9. The number of aromatic nitrogens is 3. The maximum atomic E-state index is 12.9. The quantitative estimate of drug-likeness (QED) is 0.768. The Morgan fingerprint density at radius 3 is 2.74 bits per heavy atom. The Morgan fingerprint density at radius 2 is 1.96 bits per heavy atom. The molecule has 3 aromatic rings. The van der Waals surface area contributed by atoms with Gasteiger partial charge >= 0.3 is 6.18 Å². The van der Waals surface area contributed by atoms with Crippen molar-refractivity contribution in [2.45, 2.75) is 19.0 Å². The van der Waals surface area contributed by atoms with Gasteiger partial charge in [-0.05, 0) is 35.7 Å². The Balaban J connectivity index is 1.61. The average Bonchev–Trinajstić information content (AvgIpc) is 3.07. The zero-order valence-corrected chi connectivity index (χ0v) is 14.1. The predicted molar refractivity (Wildman–Crippen MR) is 91.6 cm³/mol. The molecule has 0 saturated heterocycles. The molecular weight excluding hydrogens is 357 g/mol. The van der Waals surface area contributed by atoms with Crippen LogP contribution >= 0.6 is 0 Å². The topological polar surface area (TPSA) is 59.8 Å². The molecule has 1 amide bonds. The fraction of sp³-hybridized carbons (Fsp3) is 0.211. The number of fused-ring (bicyclic) bond motifs is 1. The number of hydrogen-bond donors (Lipinski definition) is 1. The Hall–Kier alpha value is -3.16. The normalized spacial score (nSPS) is 14.0. The average molecular weight is 372 g/mol. The molecule has 0 spiro atoms. The minimum atomic E-state index is -4.37. The van der Waals surface area contributed by atoms with Crippen LogP contribution in [0.5, 0.6) is 0 Å². The highest BCUT2D eigenvalue weighted by atomic mass is 19.4. The van der Waals surface area contributed by atoms with Gasteiger partial charge in [-0.15, -0.1) is 0 Å². The number of amides is 1. The van der Waals surface area contributed by atoms with E-state index in [4.69, 9.17) is 0 Å². The van der Waals surface area contributed by atoms with Gasteiger partial charge in [0.25, 0.3) is 5.91 Å². The van der Waals surface area contributed by atoms with Crippen molar-refractivity contribution in [3.63, 3.8) is 0 Å². The van der Waals surface area contributed by atoms with Gasteiger partial charge < -0.3 is 5.32 Å². The summed E-state index contributed by atoms with van der Waals surface area (Å²) >= 11 is 0. The minimum Gasteiger partial charge on any atom is -0.352 e. The number of hydrogen-bond acceptors (Lipinski definition) is 3. The molecule has 0 atom stereocenters. The van der Waals surface area contributed by atoms with Crippen LogP contribution in [0.15, 0.2) is 48.8 Å². The molecular formula is C19H15F3N4O. The predicted octanol–water partition coefficient (Wildman–Crippen LogP) is 3.16. The van der Waals surface area contributed by atoms with Gasteiger partial charge in [0.05, 0.1) is 16.8 Å². The van der Waals surface area contributed by atoms with E-state index in [9.17, 15) is 18.0 Å². The van der Waals surface area contributed by atoms with E-state index in [1.165, 1.54) is 10.7 Å². The molecule has 0 unspecified atom stereocenters. The van der Waals surface area contributed by atoms with E-state index in [1.807, 2.05) is 0 Å². The Kier molecular flexibility index (Phi) is 4.18. The lowest BCUT2D eigenvalue weighted by molar-refractivity contribution is -0.137. The van der Waals surface area contributed by atoms with Crippen molar-refractivity contribution in [1.29, 1.82) is 0 Å². The first-order valence-corrected chi connectivity index (χ1v) is 8.38. The number of alkyl halides is 3. The number of carbonyl (C=O) groups is 1. The molecule has 138 valence electrons. The molecule has 3 heterocycles. The molecule has 27 heavy (non-hydrogen) atoms. The lowest BCUT2D eigenvalue weighted by Crippen LogP contribution is -2.31. The van der Waals surface area contributed by atoms with Crippen molar-refractivity contribution in [2.75, 3.05) is 6.54 Å². The Labute approximate surface area is 152 Å². The molecule has 1 aliphatic heterocycles. The molecule has 0 aliphatic carbocycles. The van der Waals surface area contributed by atoms with Crippen molar-refractivity contribution in [3.8, 4) is 5.82 Å². The standard InChI is InChI=1S/C19H15F3N4O/c20-19(21,22)14-3-1-2-12(9-14)8-13-4-6-23-17(10-13)26-11-15-16(25-26)5-7-24-18(15)27/h1-4,6,9-11H,5,7-8H2,(H,24,27). The van der Waals surface area contributed by atoms with Crippen molar-refractivity contribution >= 4 is 5.91 Å². The summed E-state index contributed by atoms with van der Waals surface area (Å²) in [5.41, 5.74) is 1.92. The first kappa shape index (κ1) is 17.3. The molecule has 4 rings (SSSR count). The van der Waals surface area contributed by atoms with Crippen LogP contribution in [0.1, 0.15) is 32.7 Å². The van der Waals surface area contributed by atoms with Gasteiger partial charge in [-0.2, -0.15) is 18.3 Å². The third-order valence-corrected chi connectivity index (χ3v) is 4.39. The van der Waals surface area contributed by atoms with Gasteiger partial charge in [0.1, 0.15) is 0 Å². The van der Waals surface area contributed by atoms with Crippen LogP contribution in [0.4, 0.5) is 13.2 Å². The van der Waals surface area contributed by atoms with Crippen molar-refractivity contribution in [1.82, 2.24) is 20.1 Å². The van der Waals surface area contributed by atoms with Gasteiger partial charge in [0, 0.05) is 25.4 Å². The zero-order chi connectivity index (χ0) is 19.0. The van der Waals surface area contributed by atoms with Gasteiger partial charge in [-0.25, -0.2) is 9.67 Å². The summed E-state index contributed by atoms with van der Waals surface area (Å²) in [6.07, 6.45) is -0.174. The Morgan fingerprint density at radius 1 is 1.15 bits per heavy atom.